The molecule has 0 radical (unpaired) electrons. The summed E-state index contributed by atoms with van der Waals surface area (Å²) in [5, 5.41) is 14.1. The van der Waals surface area contributed by atoms with Gasteiger partial charge in [-0.3, -0.25) is 0 Å². The first-order valence-electron chi connectivity index (χ1n) is 7.46. The van der Waals surface area contributed by atoms with Gasteiger partial charge in [-0.1, -0.05) is 20.8 Å². The molecule has 0 aliphatic heterocycles. The fourth-order valence-corrected chi connectivity index (χ4v) is 2.54. The van der Waals surface area contributed by atoms with E-state index in [1.165, 1.54) is 0 Å². The van der Waals surface area contributed by atoms with Gasteiger partial charge in [0.1, 0.15) is 11.3 Å². The highest BCUT2D eigenvalue weighted by Crippen LogP contribution is 2.23. The molecule has 22 heavy (non-hydrogen) atoms. The minimum absolute atomic E-state index is 0.340. The van der Waals surface area contributed by atoms with E-state index >= 15 is 0 Å². The van der Waals surface area contributed by atoms with Gasteiger partial charge in [0.2, 0.25) is 0 Å². The summed E-state index contributed by atoms with van der Waals surface area (Å²) in [6.07, 6.45) is 1.26. The van der Waals surface area contributed by atoms with Gasteiger partial charge >= 0.3 is 5.97 Å². The third kappa shape index (κ3) is 3.13. The molecule has 2 aromatic rings. The normalized spacial score (nSPS) is 11.0. The fourth-order valence-electron chi connectivity index (χ4n) is 2.54. The summed E-state index contributed by atoms with van der Waals surface area (Å²) in [6.45, 7) is 6.07. The van der Waals surface area contributed by atoms with Crippen LogP contribution in [0.5, 0.6) is 5.75 Å². The second kappa shape index (κ2) is 6.64. The third-order valence-electron chi connectivity index (χ3n) is 3.52. The number of methoxy groups -OCH3 is 1. The van der Waals surface area contributed by atoms with Crippen LogP contribution < -0.4 is 4.74 Å². The molecule has 1 aromatic carbocycles. The van der Waals surface area contributed by atoms with Crippen LogP contribution in [0, 0.1) is 5.92 Å². The molecule has 0 spiro atoms. The van der Waals surface area contributed by atoms with Crippen LogP contribution in [-0.4, -0.2) is 28.0 Å². The van der Waals surface area contributed by atoms with Crippen molar-refractivity contribution in [2.75, 3.05) is 7.11 Å². The minimum atomic E-state index is -0.910. The van der Waals surface area contributed by atoms with Gasteiger partial charge in [0.25, 0.3) is 0 Å². The van der Waals surface area contributed by atoms with Crippen LogP contribution in [0.2, 0.25) is 0 Å². The number of ether oxygens (including phenoxy) is 1. The lowest BCUT2D eigenvalue weighted by atomic mass is 10.0. The highest BCUT2D eigenvalue weighted by atomic mass is 16.5. The van der Waals surface area contributed by atoms with Gasteiger partial charge in [-0.2, -0.15) is 5.10 Å². The highest BCUT2D eigenvalue weighted by Gasteiger charge is 2.23. The molecule has 118 valence electrons. The average molecular weight is 302 g/mol. The lowest BCUT2D eigenvalue weighted by molar-refractivity contribution is 0.0694. The molecular formula is C17H22N2O3. The Balaban J connectivity index is 2.56. The molecule has 5 nitrogen and oxygen atoms in total. The van der Waals surface area contributed by atoms with Crippen LogP contribution in [0.1, 0.15) is 42.5 Å². The van der Waals surface area contributed by atoms with Crippen molar-refractivity contribution in [2.45, 2.75) is 33.6 Å². The predicted molar refractivity (Wildman–Crippen MR) is 85.0 cm³/mol. The van der Waals surface area contributed by atoms with E-state index in [-0.39, 0.29) is 0 Å². The van der Waals surface area contributed by atoms with Crippen molar-refractivity contribution in [1.29, 1.82) is 0 Å². The fraction of sp³-hybridized carbons (Fsp3) is 0.412. The Hall–Kier alpha value is -2.30. The zero-order valence-electron chi connectivity index (χ0n) is 13.5. The van der Waals surface area contributed by atoms with E-state index in [1.54, 1.807) is 11.8 Å². The summed E-state index contributed by atoms with van der Waals surface area (Å²) in [5.41, 5.74) is 2.56. The van der Waals surface area contributed by atoms with Crippen LogP contribution in [0.25, 0.3) is 5.69 Å². The molecule has 0 saturated heterocycles. The molecule has 0 fully saturated rings. The van der Waals surface area contributed by atoms with Gasteiger partial charge in [0, 0.05) is 0 Å². The minimum Gasteiger partial charge on any atom is -0.497 e. The molecule has 0 atom stereocenters. The maximum absolute atomic E-state index is 11.7. The lowest BCUT2D eigenvalue weighted by Crippen LogP contribution is -2.06. The first-order chi connectivity index (χ1) is 10.5. The van der Waals surface area contributed by atoms with Gasteiger partial charge < -0.3 is 9.84 Å². The molecule has 1 N–H and O–H groups in total. The molecule has 0 saturated carbocycles. The quantitative estimate of drug-likeness (QED) is 0.889. The molecule has 0 unspecified atom stereocenters. The van der Waals surface area contributed by atoms with E-state index in [1.807, 2.05) is 31.2 Å². The SMILES string of the molecule is CCc1c(C(=O)O)c(CC(C)C)nn1-c1ccc(OC)cc1. The summed E-state index contributed by atoms with van der Waals surface area (Å²) in [5.74, 6) is 0.198. The summed E-state index contributed by atoms with van der Waals surface area (Å²) < 4.78 is 6.89. The molecule has 0 aliphatic carbocycles. The standard InChI is InChI=1S/C17H22N2O3/c1-5-15-16(17(20)21)14(10-11(2)3)18-19(15)12-6-8-13(22-4)9-7-12/h6-9,11H,5,10H2,1-4H3,(H,20,21). The molecule has 0 amide bonds. The second-order valence-corrected chi connectivity index (χ2v) is 5.63. The van der Waals surface area contributed by atoms with E-state index < -0.39 is 5.97 Å². The van der Waals surface area contributed by atoms with Crippen LogP contribution >= 0.6 is 0 Å². The Bertz CT molecular complexity index is 657. The molecule has 1 heterocycles. The van der Waals surface area contributed by atoms with Gasteiger partial charge in [0.05, 0.1) is 24.2 Å². The summed E-state index contributed by atoms with van der Waals surface area (Å²) >= 11 is 0. The van der Waals surface area contributed by atoms with Crippen molar-refractivity contribution in [1.82, 2.24) is 9.78 Å². The van der Waals surface area contributed by atoms with E-state index in [0.29, 0.717) is 30.0 Å². The van der Waals surface area contributed by atoms with Gasteiger partial charge in [-0.05, 0) is 43.0 Å². The summed E-state index contributed by atoms with van der Waals surface area (Å²) in [7, 11) is 1.61. The number of rotatable bonds is 6. The first-order valence-corrected chi connectivity index (χ1v) is 7.46. The zero-order chi connectivity index (χ0) is 16.3. The van der Waals surface area contributed by atoms with Crippen molar-refractivity contribution >= 4 is 5.97 Å². The molecule has 0 aliphatic rings. The first kappa shape index (κ1) is 16.1. The number of benzene rings is 1. The highest BCUT2D eigenvalue weighted by molar-refractivity contribution is 5.90. The Morgan fingerprint density at radius 1 is 1.32 bits per heavy atom. The number of carboxylic acids is 1. The Labute approximate surface area is 130 Å². The monoisotopic (exact) mass is 302 g/mol. The van der Waals surface area contributed by atoms with Crippen molar-refractivity contribution in [2.24, 2.45) is 5.92 Å². The van der Waals surface area contributed by atoms with Crippen molar-refractivity contribution in [3.05, 3.63) is 41.2 Å². The Morgan fingerprint density at radius 2 is 1.95 bits per heavy atom. The molecule has 0 bridgehead atoms. The van der Waals surface area contributed by atoms with Gasteiger partial charge in [0.15, 0.2) is 0 Å². The number of carboxylic acid groups (broad SMARTS) is 1. The largest absolute Gasteiger partial charge is 0.497 e. The van der Waals surface area contributed by atoms with E-state index in [9.17, 15) is 9.90 Å². The number of aromatic nitrogens is 2. The van der Waals surface area contributed by atoms with Crippen LogP contribution in [0.4, 0.5) is 0 Å². The average Bonchev–Trinajstić information content (AvgIpc) is 2.85. The van der Waals surface area contributed by atoms with E-state index in [4.69, 9.17) is 4.74 Å². The van der Waals surface area contributed by atoms with Gasteiger partial charge in [-0.15, -0.1) is 0 Å². The number of carbonyl (C=O) groups is 1. The van der Waals surface area contributed by atoms with Crippen LogP contribution in [-0.2, 0) is 12.8 Å². The second-order valence-electron chi connectivity index (χ2n) is 5.63. The Morgan fingerprint density at radius 3 is 2.41 bits per heavy atom. The third-order valence-corrected chi connectivity index (χ3v) is 3.52. The number of aromatic carboxylic acids is 1. The summed E-state index contributed by atoms with van der Waals surface area (Å²) in [4.78, 5) is 11.7. The van der Waals surface area contributed by atoms with Crippen LogP contribution in [0.3, 0.4) is 0 Å². The molecule has 1 aromatic heterocycles. The van der Waals surface area contributed by atoms with Crippen molar-refractivity contribution in [3.8, 4) is 11.4 Å². The predicted octanol–water partition coefficient (Wildman–Crippen LogP) is 3.34. The maximum Gasteiger partial charge on any atom is 0.339 e. The molecule has 5 heteroatoms. The van der Waals surface area contributed by atoms with Crippen LogP contribution in [0.15, 0.2) is 24.3 Å². The lowest BCUT2D eigenvalue weighted by Gasteiger charge is -2.07. The number of hydrogen-bond donors (Lipinski definition) is 1. The molecule has 2 rings (SSSR count). The van der Waals surface area contributed by atoms with Crippen molar-refractivity contribution < 1.29 is 14.6 Å². The van der Waals surface area contributed by atoms with E-state index in [2.05, 4.69) is 18.9 Å². The smallest absolute Gasteiger partial charge is 0.339 e. The van der Waals surface area contributed by atoms with E-state index in [0.717, 1.165) is 17.1 Å². The molecular weight excluding hydrogens is 280 g/mol. The maximum atomic E-state index is 11.7. The van der Waals surface area contributed by atoms with Gasteiger partial charge in [-0.25, -0.2) is 9.48 Å². The number of nitrogens with zero attached hydrogens (tertiary/aromatic N) is 2. The van der Waals surface area contributed by atoms with Crippen molar-refractivity contribution in [3.63, 3.8) is 0 Å². The number of hydrogen-bond acceptors (Lipinski definition) is 3. The summed E-state index contributed by atoms with van der Waals surface area (Å²) in [6, 6.07) is 7.46. The zero-order valence-corrected chi connectivity index (χ0v) is 13.5. The topological polar surface area (TPSA) is 64.3 Å². The Kier molecular flexibility index (Phi) is 4.85.